The van der Waals surface area contributed by atoms with Crippen LogP contribution in [-0.4, -0.2) is 36.6 Å². The summed E-state index contributed by atoms with van der Waals surface area (Å²) in [5, 5.41) is 11.9. The first kappa shape index (κ1) is 16.8. The highest BCUT2D eigenvalue weighted by molar-refractivity contribution is 5.92. The maximum Gasteiger partial charge on any atom is 0.238 e. The summed E-state index contributed by atoms with van der Waals surface area (Å²) in [4.78, 5) is 13.7. The molecule has 0 aromatic heterocycles. The molecule has 2 N–H and O–H groups in total. The number of likely N-dealkylation sites (N-methyl/N-ethyl adjacent to an activating group) is 1. The van der Waals surface area contributed by atoms with Crippen molar-refractivity contribution >= 4 is 11.6 Å². The van der Waals surface area contributed by atoms with Crippen LogP contribution >= 0.6 is 0 Å². The van der Waals surface area contributed by atoms with Gasteiger partial charge in [-0.1, -0.05) is 6.07 Å². The predicted molar refractivity (Wildman–Crippen MR) is 86.0 cm³/mol. The lowest BCUT2D eigenvalue weighted by Crippen LogP contribution is -2.29. The van der Waals surface area contributed by atoms with Crippen molar-refractivity contribution in [2.24, 2.45) is 0 Å². The molecule has 0 aliphatic rings. The fourth-order valence-electron chi connectivity index (χ4n) is 2.17. The summed E-state index contributed by atoms with van der Waals surface area (Å²) in [5.41, 5.74) is 1.36. The van der Waals surface area contributed by atoms with Gasteiger partial charge >= 0.3 is 0 Å². The number of rotatable bonds is 6. The monoisotopic (exact) mass is 318 g/mol. The van der Waals surface area contributed by atoms with Crippen LogP contribution in [0.3, 0.4) is 0 Å². The molecule has 0 spiro atoms. The Labute approximate surface area is 134 Å². The molecule has 1 amide bonds. The van der Waals surface area contributed by atoms with Gasteiger partial charge in [0.25, 0.3) is 0 Å². The molecule has 0 heterocycles. The zero-order valence-corrected chi connectivity index (χ0v) is 13.0. The Morgan fingerprint density at radius 2 is 1.96 bits per heavy atom. The lowest BCUT2D eigenvalue weighted by Gasteiger charge is -2.17. The number of nitrogens with one attached hydrogen (secondary N) is 1. The van der Waals surface area contributed by atoms with Gasteiger partial charge in [-0.25, -0.2) is 4.39 Å². The minimum atomic E-state index is -0.424. The number of aromatic hydroxyl groups is 1. The number of nitrogens with zero attached hydrogens (tertiary/aromatic N) is 1. The third-order valence-corrected chi connectivity index (χ3v) is 3.23. The highest BCUT2D eigenvalue weighted by atomic mass is 19.1. The van der Waals surface area contributed by atoms with Crippen LogP contribution < -0.4 is 10.1 Å². The highest BCUT2D eigenvalue weighted by Gasteiger charge is 2.09. The number of carbonyl (C=O) groups is 1. The molecule has 2 aromatic rings. The number of amides is 1. The van der Waals surface area contributed by atoms with Gasteiger partial charge in [-0.3, -0.25) is 9.69 Å². The molecule has 2 aromatic carbocycles. The topological polar surface area (TPSA) is 61.8 Å². The largest absolute Gasteiger partial charge is 0.508 e. The zero-order chi connectivity index (χ0) is 16.8. The molecular formula is C17H19FN2O3. The van der Waals surface area contributed by atoms with E-state index in [2.05, 4.69) is 5.32 Å². The molecular weight excluding hydrogens is 299 g/mol. The summed E-state index contributed by atoms with van der Waals surface area (Å²) in [7, 11) is 3.19. The lowest BCUT2D eigenvalue weighted by molar-refractivity contribution is -0.117. The van der Waals surface area contributed by atoms with Crippen LogP contribution in [0, 0.1) is 5.82 Å². The smallest absolute Gasteiger partial charge is 0.238 e. The Kier molecular flexibility index (Phi) is 5.54. The Morgan fingerprint density at radius 1 is 1.26 bits per heavy atom. The number of phenolic OH excluding ortho intramolecular Hbond substituents is 1. The molecule has 0 atom stereocenters. The van der Waals surface area contributed by atoms with Crippen molar-refractivity contribution in [3.63, 3.8) is 0 Å². The molecule has 23 heavy (non-hydrogen) atoms. The number of halogens is 1. The summed E-state index contributed by atoms with van der Waals surface area (Å²) >= 11 is 0. The fraction of sp³-hybridized carbons (Fsp3) is 0.235. The van der Waals surface area contributed by atoms with Gasteiger partial charge in [0.05, 0.1) is 13.7 Å². The van der Waals surface area contributed by atoms with Crippen molar-refractivity contribution in [2.45, 2.75) is 6.54 Å². The van der Waals surface area contributed by atoms with Gasteiger partial charge in [0.15, 0.2) is 11.6 Å². The number of phenols is 1. The molecule has 0 saturated carbocycles. The van der Waals surface area contributed by atoms with E-state index < -0.39 is 5.82 Å². The number of benzene rings is 2. The van der Waals surface area contributed by atoms with Gasteiger partial charge in [0.2, 0.25) is 5.91 Å². The van der Waals surface area contributed by atoms with Crippen molar-refractivity contribution in [1.29, 1.82) is 0 Å². The number of ether oxygens (including phenoxy) is 1. The van der Waals surface area contributed by atoms with E-state index >= 15 is 0 Å². The normalized spacial score (nSPS) is 10.6. The summed E-state index contributed by atoms with van der Waals surface area (Å²) in [6.45, 7) is 0.596. The van der Waals surface area contributed by atoms with E-state index in [0.717, 1.165) is 5.56 Å². The Hall–Kier alpha value is -2.60. The molecule has 0 unspecified atom stereocenters. The zero-order valence-electron chi connectivity index (χ0n) is 13.0. The van der Waals surface area contributed by atoms with Crippen molar-refractivity contribution in [2.75, 3.05) is 26.0 Å². The predicted octanol–water partition coefficient (Wildman–Crippen LogP) is 2.61. The Bertz CT molecular complexity index is 674. The first-order valence-electron chi connectivity index (χ1n) is 7.08. The molecule has 6 heteroatoms. The standard InChI is InChI=1S/C17H19FN2O3/c1-20(10-12-3-8-16(23-2)15(18)9-12)11-17(22)19-13-4-6-14(21)7-5-13/h3-9,21H,10-11H2,1-2H3,(H,19,22). The molecule has 0 radical (unpaired) electrons. The van der Waals surface area contributed by atoms with Crippen LogP contribution in [0.1, 0.15) is 5.56 Å². The van der Waals surface area contributed by atoms with E-state index in [0.29, 0.717) is 12.2 Å². The van der Waals surface area contributed by atoms with Crippen LogP contribution in [0.15, 0.2) is 42.5 Å². The van der Waals surface area contributed by atoms with Crippen LogP contribution in [0.4, 0.5) is 10.1 Å². The van der Waals surface area contributed by atoms with Crippen molar-refractivity contribution in [1.82, 2.24) is 4.90 Å². The second-order valence-electron chi connectivity index (χ2n) is 5.24. The average Bonchev–Trinajstić information content (AvgIpc) is 2.49. The first-order chi connectivity index (χ1) is 11.0. The third-order valence-electron chi connectivity index (χ3n) is 3.23. The molecule has 122 valence electrons. The fourth-order valence-corrected chi connectivity index (χ4v) is 2.17. The van der Waals surface area contributed by atoms with E-state index in [4.69, 9.17) is 4.74 Å². The van der Waals surface area contributed by atoms with Gasteiger partial charge < -0.3 is 15.2 Å². The van der Waals surface area contributed by atoms with E-state index in [1.165, 1.54) is 25.3 Å². The van der Waals surface area contributed by atoms with Gasteiger partial charge in [-0.15, -0.1) is 0 Å². The highest BCUT2D eigenvalue weighted by Crippen LogP contribution is 2.18. The molecule has 2 rings (SSSR count). The van der Waals surface area contributed by atoms with Gasteiger partial charge in [-0.05, 0) is 49.0 Å². The summed E-state index contributed by atoms with van der Waals surface area (Å²) in [5.74, 6) is -0.276. The van der Waals surface area contributed by atoms with Crippen LogP contribution in [0.2, 0.25) is 0 Å². The van der Waals surface area contributed by atoms with Gasteiger partial charge in [0.1, 0.15) is 5.75 Å². The van der Waals surface area contributed by atoms with E-state index in [9.17, 15) is 14.3 Å². The van der Waals surface area contributed by atoms with Crippen LogP contribution in [-0.2, 0) is 11.3 Å². The van der Waals surface area contributed by atoms with E-state index in [1.54, 1.807) is 36.2 Å². The minimum absolute atomic E-state index is 0.140. The SMILES string of the molecule is COc1ccc(CN(C)CC(=O)Nc2ccc(O)cc2)cc1F. The number of carbonyl (C=O) groups excluding carboxylic acids is 1. The number of methoxy groups -OCH3 is 1. The number of hydrogen-bond donors (Lipinski definition) is 2. The Morgan fingerprint density at radius 3 is 2.57 bits per heavy atom. The average molecular weight is 318 g/mol. The summed E-state index contributed by atoms with van der Waals surface area (Å²) in [6, 6.07) is 11.0. The minimum Gasteiger partial charge on any atom is -0.508 e. The molecule has 5 nitrogen and oxygen atoms in total. The first-order valence-corrected chi connectivity index (χ1v) is 7.08. The van der Waals surface area contributed by atoms with E-state index in [1.807, 2.05) is 0 Å². The Balaban J connectivity index is 1.88. The van der Waals surface area contributed by atoms with Crippen LogP contribution in [0.5, 0.6) is 11.5 Å². The second kappa shape index (κ2) is 7.60. The molecule has 0 aliphatic carbocycles. The van der Waals surface area contributed by atoms with Crippen molar-refractivity contribution < 1.29 is 19.0 Å². The van der Waals surface area contributed by atoms with E-state index in [-0.39, 0.29) is 24.0 Å². The third kappa shape index (κ3) is 4.96. The molecule has 0 aliphatic heterocycles. The summed E-state index contributed by atoms with van der Waals surface area (Å²) < 4.78 is 18.5. The van der Waals surface area contributed by atoms with Gasteiger partial charge in [0, 0.05) is 12.2 Å². The number of anilines is 1. The second-order valence-corrected chi connectivity index (χ2v) is 5.24. The molecule has 0 saturated heterocycles. The molecule has 0 fully saturated rings. The summed E-state index contributed by atoms with van der Waals surface area (Å²) in [6.07, 6.45) is 0. The maximum atomic E-state index is 13.6. The van der Waals surface area contributed by atoms with Crippen molar-refractivity contribution in [3.05, 3.63) is 53.8 Å². The van der Waals surface area contributed by atoms with Crippen molar-refractivity contribution in [3.8, 4) is 11.5 Å². The maximum absolute atomic E-state index is 13.6. The lowest BCUT2D eigenvalue weighted by atomic mass is 10.2. The van der Waals surface area contributed by atoms with Gasteiger partial charge in [-0.2, -0.15) is 0 Å². The quantitative estimate of drug-likeness (QED) is 0.804. The number of hydrogen-bond acceptors (Lipinski definition) is 4. The van der Waals surface area contributed by atoms with Crippen LogP contribution in [0.25, 0.3) is 0 Å². The molecule has 0 bridgehead atoms.